The van der Waals surface area contributed by atoms with E-state index in [0.717, 1.165) is 11.1 Å². The number of benzene rings is 3. The van der Waals surface area contributed by atoms with Crippen molar-refractivity contribution < 1.29 is 19.7 Å². The van der Waals surface area contributed by atoms with E-state index in [0.29, 0.717) is 33.2 Å². The molecule has 39 heavy (non-hydrogen) atoms. The molecule has 0 radical (unpaired) electrons. The minimum absolute atomic E-state index is 0. The van der Waals surface area contributed by atoms with Crippen molar-refractivity contribution in [3.8, 4) is 5.75 Å². The van der Waals surface area contributed by atoms with E-state index in [1.54, 1.807) is 43.5 Å². The summed E-state index contributed by atoms with van der Waals surface area (Å²) in [7, 11) is 1.56. The molecule has 7 nitrogen and oxygen atoms in total. The predicted octanol–water partition coefficient (Wildman–Crippen LogP) is 6.76. The van der Waals surface area contributed by atoms with E-state index in [9.17, 15) is 4.79 Å². The molecule has 1 amide bonds. The van der Waals surface area contributed by atoms with Gasteiger partial charge in [0.1, 0.15) is 17.4 Å². The highest BCUT2D eigenvalue weighted by atomic mass is 35.5. The number of anilines is 1. The van der Waals surface area contributed by atoms with Gasteiger partial charge >= 0.3 is 0 Å². The number of hydrogen-bond donors (Lipinski definition) is 1. The first-order valence-electron chi connectivity index (χ1n) is 11.4. The number of halogens is 5. The Balaban J connectivity index is 0.00000267. The number of carbonyl (C=O) groups excluding carboxylic acids is 1. The highest BCUT2D eigenvalue weighted by Crippen LogP contribution is 2.33. The summed E-state index contributed by atoms with van der Waals surface area (Å²) >= 11 is 25.4. The number of methoxy groups -OCH3 is 1. The maximum absolute atomic E-state index is 12.7. The molecule has 1 heterocycles. The second-order valence-electron chi connectivity index (χ2n) is 8.34. The molecule has 0 saturated carbocycles. The Morgan fingerprint density at radius 1 is 1.00 bits per heavy atom. The Morgan fingerprint density at radius 2 is 1.69 bits per heavy atom. The molecule has 0 saturated heterocycles. The van der Waals surface area contributed by atoms with E-state index in [4.69, 9.17) is 55.9 Å². The van der Waals surface area contributed by atoms with Crippen LogP contribution >= 0.6 is 58.8 Å². The number of ether oxygens (including phenoxy) is 2. The Labute approximate surface area is 253 Å². The van der Waals surface area contributed by atoms with Gasteiger partial charge < -0.3 is 30.1 Å². The average molecular weight is 636 g/mol. The fraction of sp³-hybridized carbons (Fsp3) is 0.222. The lowest BCUT2D eigenvalue weighted by molar-refractivity contribution is -0.117. The second-order valence-corrected chi connectivity index (χ2v) is 10.1. The fourth-order valence-corrected chi connectivity index (χ4v) is 4.78. The number of para-hydroxylation sites is 2. The van der Waals surface area contributed by atoms with Crippen molar-refractivity contribution in [1.29, 1.82) is 0 Å². The molecule has 0 spiro atoms. The third-order valence-corrected chi connectivity index (χ3v) is 7.06. The van der Waals surface area contributed by atoms with Crippen molar-refractivity contribution in [3.63, 3.8) is 0 Å². The molecule has 2 atom stereocenters. The van der Waals surface area contributed by atoms with Crippen molar-refractivity contribution >= 4 is 70.4 Å². The third kappa shape index (κ3) is 8.82. The molecule has 0 fully saturated rings. The van der Waals surface area contributed by atoms with Crippen LogP contribution in [-0.2, 0) is 16.1 Å². The molecule has 0 aliphatic carbocycles. The van der Waals surface area contributed by atoms with Gasteiger partial charge in [0, 0.05) is 27.5 Å². The molecule has 2 unspecified atom stereocenters. The van der Waals surface area contributed by atoms with Crippen LogP contribution in [0, 0.1) is 0 Å². The Kier molecular flexibility index (Phi) is 13.0. The van der Waals surface area contributed by atoms with Gasteiger partial charge in [-0.1, -0.05) is 76.7 Å². The molecule has 0 aromatic heterocycles. The zero-order chi connectivity index (χ0) is 26.4. The topological polar surface area (TPSA) is 85.5 Å². The lowest BCUT2D eigenvalue weighted by atomic mass is 10.1. The SMILES string of the molecule is COc1ccccc1NC(=O)CN1C=CN(C(Cl)C(OCc2ccc(Cl)cc2Cl)c2ccc(Cl)cc2)C1.Cl.O. The van der Waals surface area contributed by atoms with E-state index >= 15 is 0 Å². The smallest absolute Gasteiger partial charge is 0.244 e. The Morgan fingerprint density at radius 3 is 2.38 bits per heavy atom. The minimum Gasteiger partial charge on any atom is -0.495 e. The number of nitrogens with one attached hydrogen (secondary N) is 1. The second kappa shape index (κ2) is 15.4. The van der Waals surface area contributed by atoms with Gasteiger partial charge in [0.05, 0.1) is 32.6 Å². The van der Waals surface area contributed by atoms with E-state index in [2.05, 4.69) is 5.32 Å². The quantitative estimate of drug-likeness (QED) is 0.197. The summed E-state index contributed by atoms with van der Waals surface area (Å²) in [6.45, 7) is 0.777. The van der Waals surface area contributed by atoms with Gasteiger partial charge in [-0.05, 0) is 47.5 Å². The number of nitrogens with zero attached hydrogens (tertiary/aromatic N) is 2. The molecule has 12 heteroatoms. The first kappa shape index (κ1) is 32.8. The van der Waals surface area contributed by atoms with Gasteiger partial charge in [0.2, 0.25) is 5.91 Å². The molecule has 3 aromatic carbocycles. The van der Waals surface area contributed by atoms with Crippen LogP contribution in [0.2, 0.25) is 15.1 Å². The number of alkyl halides is 1. The number of rotatable bonds is 10. The zero-order valence-electron chi connectivity index (χ0n) is 20.8. The van der Waals surface area contributed by atoms with Gasteiger partial charge in [-0.2, -0.15) is 0 Å². The lowest BCUT2D eigenvalue weighted by Crippen LogP contribution is -2.38. The van der Waals surface area contributed by atoms with E-state index in [-0.39, 0.29) is 36.9 Å². The van der Waals surface area contributed by atoms with Crippen molar-refractivity contribution in [2.24, 2.45) is 0 Å². The van der Waals surface area contributed by atoms with Gasteiger partial charge in [0.15, 0.2) is 0 Å². The molecular formula is C27H28Cl5N3O4. The molecule has 1 aliphatic rings. The molecule has 3 N–H and O–H groups in total. The zero-order valence-corrected chi connectivity index (χ0v) is 24.7. The van der Waals surface area contributed by atoms with E-state index in [1.165, 1.54) is 0 Å². The monoisotopic (exact) mass is 633 g/mol. The highest BCUT2D eigenvalue weighted by Gasteiger charge is 2.30. The summed E-state index contributed by atoms with van der Waals surface area (Å²) in [5.41, 5.74) is 1.68. The fourth-order valence-electron chi connectivity index (χ4n) is 3.85. The standard InChI is InChI=1S/C27H25Cl4N3O3.ClH.H2O/c1-36-24-5-3-2-4-23(24)32-25(35)15-33-12-13-34(17-33)27(31)26(18-6-9-20(28)10-7-18)37-16-19-8-11-21(29)14-22(19)30;;/h2-14,26-27H,15-17H2,1H3,(H,32,35);1H;1H2. The van der Waals surface area contributed by atoms with Gasteiger partial charge in [-0.3, -0.25) is 4.79 Å². The summed E-state index contributed by atoms with van der Waals surface area (Å²) in [6, 6.07) is 19.9. The van der Waals surface area contributed by atoms with Crippen molar-refractivity contribution in [1.82, 2.24) is 9.80 Å². The average Bonchev–Trinajstić information content (AvgIpc) is 3.34. The van der Waals surface area contributed by atoms with Gasteiger partial charge in [0.25, 0.3) is 0 Å². The summed E-state index contributed by atoms with van der Waals surface area (Å²) in [5.74, 6) is 0.420. The third-order valence-electron chi connectivity index (χ3n) is 5.74. The normalized spacial score (nSPS) is 13.8. The van der Waals surface area contributed by atoms with Gasteiger partial charge in [-0.15, -0.1) is 12.4 Å². The Hall–Kier alpha value is -2.36. The predicted molar refractivity (Wildman–Crippen MR) is 160 cm³/mol. The summed E-state index contributed by atoms with van der Waals surface area (Å²) in [6.07, 6.45) is 3.15. The van der Waals surface area contributed by atoms with Crippen LogP contribution in [0.15, 0.2) is 79.1 Å². The van der Waals surface area contributed by atoms with Crippen molar-refractivity contribution in [2.45, 2.75) is 18.2 Å². The van der Waals surface area contributed by atoms with Gasteiger partial charge in [-0.25, -0.2) is 0 Å². The Bertz CT molecular complexity index is 1260. The van der Waals surface area contributed by atoms with E-state index < -0.39 is 11.6 Å². The minimum atomic E-state index is -0.578. The summed E-state index contributed by atoms with van der Waals surface area (Å²) in [4.78, 5) is 16.4. The van der Waals surface area contributed by atoms with Crippen LogP contribution in [0.4, 0.5) is 5.69 Å². The number of amides is 1. The summed E-state index contributed by atoms with van der Waals surface area (Å²) in [5, 5.41) is 4.56. The first-order valence-corrected chi connectivity index (χ1v) is 13.0. The molecule has 3 aromatic rings. The number of hydrogen-bond acceptors (Lipinski definition) is 5. The molecule has 210 valence electrons. The largest absolute Gasteiger partial charge is 0.495 e. The van der Waals surface area contributed by atoms with Crippen LogP contribution in [0.3, 0.4) is 0 Å². The molecule has 4 rings (SSSR count). The van der Waals surface area contributed by atoms with Crippen molar-refractivity contribution in [2.75, 3.05) is 25.6 Å². The van der Waals surface area contributed by atoms with Crippen LogP contribution < -0.4 is 10.1 Å². The lowest BCUT2D eigenvalue weighted by Gasteiger charge is -2.31. The van der Waals surface area contributed by atoms with Crippen LogP contribution in [-0.4, -0.2) is 47.0 Å². The van der Waals surface area contributed by atoms with Crippen LogP contribution in [0.1, 0.15) is 17.2 Å². The maximum Gasteiger partial charge on any atom is 0.244 e. The van der Waals surface area contributed by atoms with Crippen LogP contribution in [0.5, 0.6) is 5.75 Å². The highest BCUT2D eigenvalue weighted by molar-refractivity contribution is 6.35. The maximum atomic E-state index is 12.7. The summed E-state index contributed by atoms with van der Waals surface area (Å²) < 4.78 is 11.6. The first-order chi connectivity index (χ1) is 17.8. The molecular weight excluding hydrogens is 608 g/mol. The van der Waals surface area contributed by atoms with Crippen LogP contribution in [0.25, 0.3) is 0 Å². The van der Waals surface area contributed by atoms with Crippen molar-refractivity contribution in [3.05, 3.63) is 105 Å². The van der Waals surface area contributed by atoms with E-state index in [1.807, 2.05) is 52.5 Å². The molecule has 0 bridgehead atoms. The molecule has 1 aliphatic heterocycles. The number of carbonyl (C=O) groups is 1.